The number of nitrogens with two attached hydrogens (primary N) is 1. The van der Waals surface area contributed by atoms with E-state index in [4.69, 9.17) is 5.73 Å². The number of carbonyl (C=O) groups is 1. The Bertz CT molecular complexity index is 202. The van der Waals surface area contributed by atoms with Gasteiger partial charge in [0.1, 0.15) is 0 Å². The van der Waals surface area contributed by atoms with Crippen molar-refractivity contribution in [1.82, 2.24) is 9.80 Å². The Morgan fingerprint density at radius 1 is 1.36 bits per heavy atom. The molecular formula is C10H23N3O. The summed E-state index contributed by atoms with van der Waals surface area (Å²) < 4.78 is 0. The molecule has 0 radical (unpaired) electrons. The number of hydrogen-bond acceptors (Lipinski definition) is 2. The van der Waals surface area contributed by atoms with Crippen molar-refractivity contribution in [2.75, 3.05) is 20.6 Å². The second kappa shape index (κ2) is 4.64. The van der Waals surface area contributed by atoms with Gasteiger partial charge in [0.2, 0.25) is 0 Å². The summed E-state index contributed by atoms with van der Waals surface area (Å²) in [7, 11) is 3.59. The van der Waals surface area contributed by atoms with Gasteiger partial charge >= 0.3 is 6.03 Å². The summed E-state index contributed by atoms with van der Waals surface area (Å²) >= 11 is 0. The van der Waals surface area contributed by atoms with E-state index < -0.39 is 0 Å². The third-order valence-corrected chi connectivity index (χ3v) is 2.77. The second-order valence-electron chi connectivity index (χ2n) is 4.56. The molecule has 0 fully saturated rings. The zero-order valence-electron chi connectivity index (χ0n) is 10.2. The first-order valence-electron chi connectivity index (χ1n) is 4.94. The molecule has 0 atom stereocenters. The normalized spacial score (nSPS) is 11.7. The molecule has 0 spiro atoms. The standard InChI is InChI=1S/C10H23N3O/c1-8(2)12(5)9(14)13(6)10(3,4)7-11/h8H,7,11H2,1-6H3. The first-order chi connectivity index (χ1) is 6.24. The molecule has 4 nitrogen and oxygen atoms in total. The summed E-state index contributed by atoms with van der Waals surface area (Å²) in [6.07, 6.45) is 0. The molecule has 0 rings (SSSR count). The maximum atomic E-state index is 11.9. The molecule has 2 amide bonds. The predicted octanol–water partition coefficient (Wildman–Crippen LogP) is 1.12. The Hall–Kier alpha value is -0.770. The largest absolute Gasteiger partial charge is 0.328 e. The highest BCUT2D eigenvalue weighted by atomic mass is 16.2. The van der Waals surface area contributed by atoms with E-state index in [1.807, 2.05) is 27.7 Å². The van der Waals surface area contributed by atoms with Crippen LogP contribution in [0.15, 0.2) is 0 Å². The number of likely N-dealkylation sites (N-methyl/N-ethyl adjacent to an activating group) is 1. The van der Waals surface area contributed by atoms with Crippen LogP contribution in [0.5, 0.6) is 0 Å². The molecule has 0 aliphatic heterocycles. The van der Waals surface area contributed by atoms with Gasteiger partial charge in [0.15, 0.2) is 0 Å². The van der Waals surface area contributed by atoms with Crippen LogP contribution in [0.3, 0.4) is 0 Å². The van der Waals surface area contributed by atoms with E-state index in [1.165, 1.54) is 0 Å². The molecule has 84 valence electrons. The van der Waals surface area contributed by atoms with Gasteiger partial charge in [0.25, 0.3) is 0 Å². The molecule has 0 saturated heterocycles. The Balaban J connectivity index is 4.55. The lowest BCUT2D eigenvalue weighted by Crippen LogP contribution is -2.54. The summed E-state index contributed by atoms with van der Waals surface area (Å²) in [6, 6.07) is 0.217. The van der Waals surface area contributed by atoms with Gasteiger partial charge < -0.3 is 15.5 Å². The second-order valence-corrected chi connectivity index (χ2v) is 4.56. The Morgan fingerprint density at radius 2 is 1.79 bits per heavy atom. The molecule has 0 saturated carbocycles. The zero-order valence-corrected chi connectivity index (χ0v) is 10.2. The van der Waals surface area contributed by atoms with E-state index in [-0.39, 0.29) is 17.6 Å². The number of carbonyl (C=O) groups excluding carboxylic acids is 1. The van der Waals surface area contributed by atoms with Gasteiger partial charge in [0, 0.05) is 26.7 Å². The van der Waals surface area contributed by atoms with E-state index in [0.29, 0.717) is 6.54 Å². The molecule has 0 aromatic heterocycles. The molecule has 2 N–H and O–H groups in total. The van der Waals surface area contributed by atoms with Crippen LogP contribution in [-0.2, 0) is 0 Å². The summed E-state index contributed by atoms with van der Waals surface area (Å²) in [4.78, 5) is 15.3. The van der Waals surface area contributed by atoms with Crippen LogP contribution in [0.4, 0.5) is 4.79 Å². The maximum Gasteiger partial charge on any atom is 0.320 e. The smallest absolute Gasteiger partial charge is 0.320 e. The third kappa shape index (κ3) is 2.87. The molecule has 0 aromatic rings. The number of urea groups is 1. The summed E-state index contributed by atoms with van der Waals surface area (Å²) in [5.74, 6) is 0. The minimum atomic E-state index is -0.291. The predicted molar refractivity (Wildman–Crippen MR) is 59.2 cm³/mol. The van der Waals surface area contributed by atoms with E-state index in [2.05, 4.69) is 0 Å². The van der Waals surface area contributed by atoms with Gasteiger partial charge in [-0.05, 0) is 27.7 Å². The quantitative estimate of drug-likeness (QED) is 0.743. The SMILES string of the molecule is CC(C)N(C)C(=O)N(C)C(C)(C)CN. The van der Waals surface area contributed by atoms with Crippen molar-refractivity contribution in [3.8, 4) is 0 Å². The highest BCUT2D eigenvalue weighted by Crippen LogP contribution is 2.13. The van der Waals surface area contributed by atoms with Crippen LogP contribution < -0.4 is 5.73 Å². The van der Waals surface area contributed by atoms with Crippen LogP contribution in [0.25, 0.3) is 0 Å². The van der Waals surface area contributed by atoms with Crippen LogP contribution in [-0.4, -0.2) is 48.1 Å². The van der Waals surface area contributed by atoms with E-state index in [0.717, 1.165) is 0 Å². The maximum absolute atomic E-state index is 11.9. The lowest BCUT2D eigenvalue weighted by atomic mass is 10.0. The molecular weight excluding hydrogens is 178 g/mol. The van der Waals surface area contributed by atoms with Crippen LogP contribution in [0.1, 0.15) is 27.7 Å². The van der Waals surface area contributed by atoms with Gasteiger partial charge in [-0.25, -0.2) is 4.79 Å². The molecule has 0 aliphatic rings. The average molecular weight is 201 g/mol. The highest BCUT2D eigenvalue weighted by molar-refractivity contribution is 5.75. The lowest BCUT2D eigenvalue weighted by Gasteiger charge is -2.38. The van der Waals surface area contributed by atoms with Gasteiger partial charge in [0.05, 0.1) is 5.54 Å². The fraction of sp³-hybridized carbons (Fsp3) is 0.900. The van der Waals surface area contributed by atoms with Crippen molar-refractivity contribution in [3.63, 3.8) is 0 Å². The Morgan fingerprint density at radius 3 is 2.07 bits per heavy atom. The molecule has 14 heavy (non-hydrogen) atoms. The van der Waals surface area contributed by atoms with Crippen LogP contribution >= 0.6 is 0 Å². The lowest BCUT2D eigenvalue weighted by molar-refractivity contribution is 0.121. The molecule has 0 aliphatic carbocycles. The number of hydrogen-bond donors (Lipinski definition) is 1. The molecule has 0 unspecified atom stereocenters. The van der Waals surface area contributed by atoms with Crippen molar-refractivity contribution in [1.29, 1.82) is 0 Å². The summed E-state index contributed by atoms with van der Waals surface area (Å²) in [6.45, 7) is 8.35. The molecule has 0 heterocycles. The first kappa shape index (κ1) is 13.2. The van der Waals surface area contributed by atoms with Crippen molar-refractivity contribution < 1.29 is 4.79 Å². The molecule has 0 bridgehead atoms. The van der Waals surface area contributed by atoms with E-state index in [9.17, 15) is 4.79 Å². The number of nitrogens with zero attached hydrogens (tertiary/aromatic N) is 2. The minimum absolute atomic E-state index is 0.00968. The summed E-state index contributed by atoms with van der Waals surface area (Å²) in [5, 5.41) is 0. The van der Waals surface area contributed by atoms with Crippen molar-refractivity contribution in [2.45, 2.75) is 39.3 Å². The van der Waals surface area contributed by atoms with Crippen LogP contribution in [0.2, 0.25) is 0 Å². The van der Waals surface area contributed by atoms with E-state index >= 15 is 0 Å². The van der Waals surface area contributed by atoms with Gasteiger partial charge in [-0.1, -0.05) is 0 Å². The van der Waals surface area contributed by atoms with Crippen LogP contribution in [0, 0.1) is 0 Å². The first-order valence-corrected chi connectivity index (χ1v) is 4.94. The number of amides is 2. The van der Waals surface area contributed by atoms with Gasteiger partial charge in [-0.2, -0.15) is 0 Å². The fourth-order valence-electron chi connectivity index (χ4n) is 0.853. The van der Waals surface area contributed by atoms with Crippen molar-refractivity contribution >= 4 is 6.03 Å². The Labute approximate surface area is 87.0 Å². The fourth-order valence-corrected chi connectivity index (χ4v) is 0.853. The van der Waals surface area contributed by atoms with Gasteiger partial charge in [-0.3, -0.25) is 0 Å². The Kier molecular flexibility index (Phi) is 4.39. The highest BCUT2D eigenvalue weighted by Gasteiger charge is 2.28. The third-order valence-electron chi connectivity index (χ3n) is 2.77. The minimum Gasteiger partial charge on any atom is -0.328 e. The molecule has 4 heteroatoms. The van der Waals surface area contributed by atoms with Crippen molar-refractivity contribution in [2.24, 2.45) is 5.73 Å². The topological polar surface area (TPSA) is 49.6 Å². The summed E-state index contributed by atoms with van der Waals surface area (Å²) in [5.41, 5.74) is 5.32. The average Bonchev–Trinajstić information content (AvgIpc) is 2.14. The van der Waals surface area contributed by atoms with Gasteiger partial charge in [-0.15, -0.1) is 0 Å². The van der Waals surface area contributed by atoms with E-state index in [1.54, 1.807) is 23.9 Å². The van der Waals surface area contributed by atoms with Crippen molar-refractivity contribution in [3.05, 3.63) is 0 Å². The zero-order chi connectivity index (χ0) is 11.5. The molecule has 0 aromatic carbocycles. The monoisotopic (exact) mass is 201 g/mol. The number of rotatable bonds is 3.